The van der Waals surface area contributed by atoms with Gasteiger partial charge in [0.15, 0.2) is 0 Å². The molecule has 0 bridgehead atoms. The van der Waals surface area contributed by atoms with Crippen molar-refractivity contribution >= 4 is 5.91 Å². The molecule has 1 amide bonds. The topological polar surface area (TPSA) is 68.3 Å². The number of furan rings is 1. The van der Waals surface area contributed by atoms with Crippen LogP contribution in [0.4, 0.5) is 0 Å². The average molecular weight is 264 g/mol. The third-order valence-corrected chi connectivity index (χ3v) is 4.51. The van der Waals surface area contributed by atoms with Crippen LogP contribution in [-0.2, 0) is 0 Å². The second kappa shape index (κ2) is 5.37. The van der Waals surface area contributed by atoms with Gasteiger partial charge < -0.3 is 15.5 Å². The lowest BCUT2D eigenvalue weighted by Crippen LogP contribution is -2.40. The smallest absolute Gasteiger partial charge is 0.255 e. The quantitative estimate of drug-likeness (QED) is 0.877. The van der Waals surface area contributed by atoms with Gasteiger partial charge in [0.25, 0.3) is 5.91 Å². The number of carbonyl (C=O) groups is 1. The zero-order chi connectivity index (χ0) is 14.0. The van der Waals surface area contributed by atoms with Crippen molar-refractivity contribution in [2.75, 3.05) is 13.1 Å². The summed E-state index contributed by atoms with van der Waals surface area (Å²) in [5.74, 6) is 1.48. The van der Waals surface area contributed by atoms with E-state index in [4.69, 9.17) is 10.2 Å². The van der Waals surface area contributed by atoms with Crippen molar-refractivity contribution in [1.29, 1.82) is 0 Å². The molecule has 4 heteroatoms. The SMILES string of the molecule is Cc1oc(C)c(C(=O)NCC2(CN)CCCC2)c1C. The zero-order valence-corrected chi connectivity index (χ0v) is 12.1. The Labute approximate surface area is 114 Å². The van der Waals surface area contributed by atoms with Gasteiger partial charge in [0, 0.05) is 12.1 Å². The standard InChI is InChI=1S/C15H24N2O2/c1-10-11(2)19-12(3)13(10)14(18)17-9-15(8-16)6-4-5-7-15/h4-9,16H2,1-3H3,(H,17,18). The van der Waals surface area contributed by atoms with Crippen molar-refractivity contribution in [3.8, 4) is 0 Å². The first-order valence-corrected chi connectivity index (χ1v) is 7.04. The van der Waals surface area contributed by atoms with Gasteiger partial charge in [-0.3, -0.25) is 4.79 Å². The number of carbonyl (C=O) groups excluding carboxylic acids is 1. The summed E-state index contributed by atoms with van der Waals surface area (Å²) in [6.07, 6.45) is 4.67. The molecule has 4 nitrogen and oxygen atoms in total. The van der Waals surface area contributed by atoms with E-state index in [-0.39, 0.29) is 11.3 Å². The lowest BCUT2D eigenvalue weighted by atomic mass is 9.86. The Morgan fingerprint density at radius 2 is 1.89 bits per heavy atom. The second-order valence-electron chi connectivity index (χ2n) is 5.81. The molecule has 1 saturated carbocycles. The molecular formula is C15H24N2O2. The molecular weight excluding hydrogens is 240 g/mol. The highest BCUT2D eigenvalue weighted by atomic mass is 16.3. The van der Waals surface area contributed by atoms with E-state index in [1.165, 1.54) is 12.8 Å². The minimum absolute atomic E-state index is 0.0356. The maximum atomic E-state index is 12.3. The van der Waals surface area contributed by atoms with Crippen LogP contribution in [-0.4, -0.2) is 19.0 Å². The fourth-order valence-electron chi connectivity index (χ4n) is 3.06. The molecule has 0 saturated heterocycles. The van der Waals surface area contributed by atoms with E-state index in [2.05, 4.69) is 5.32 Å². The van der Waals surface area contributed by atoms with Crippen LogP contribution in [0.1, 0.15) is 53.1 Å². The Kier molecular flexibility index (Phi) is 3.99. The minimum atomic E-state index is -0.0356. The van der Waals surface area contributed by atoms with Crippen molar-refractivity contribution in [1.82, 2.24) is 5.32 Å². The van der Waals surface area contributed by atoms with Crippen LogP contribution < -0.4 is 11.1 Å². The van der Waals surface area contributed by atoms with Crippen LogP contribution in [0.25, 0.3) is 0 Å². The maximum Gasteiger partial charge on any atom is 0.255 e. The lowest BCUT2D eigenvalue weighted by molar-refractivity contribution is 0.0930. The van der Waals surface area contributed by atoms with Gasteiger partial charge in [-0.1, -0.05) is 12.8 Å². The van der Waals surface area contributed by atoms with Gasteiger partial charge in [-0.05, 0) is 45.6 Å². The predicted octanol–water partition coefficient (Wildman–Crippen LogP) is 2.45. The molecule has 0 aromatic carbocycles. The molecule has 106 valence electrons. The molecule has 3 N–H and O–H groups in total. The Morgan fingerprint density at radius 1 is 1.26 bits per heavy atom. The van der Waals surface area contributed by atoms with Crippen molar-refractivity contribution in [2.24, 2.45) is 11.1 Å². The highest BCUT2D eigenvalue weighted by Crippen LogP contribution is 2.36. The van der Waals surface area contributed by atoms with Crippen LogP contribution in [0.3, 0.4) is 0 Å². The summed E-state index contributed by atoms with van der Waals surface area (Å²) >= 11 is 0. The fraction of sp³-hybridized carbons (Fsp3) is 0.667. The summed E-state index contributed by atoms with van der Waals surface area (Å²) in [6.45, 7) is 6.97. The van der Waals surface area contributed by atoms with Gasteiger partial charge in [-0.25, -0.2) is 0 Å². The van der Waals surface area contributed by atoms with Crippen LogP contribution in [0.2, 0.25) is 0 Å². The van der Waals surface area contributed by atoms with Crippen LogP contribution in [0, 0.1) is 26.2 Å². The van der Waals surface area contributed by atoms with E-state index >= 15 is 0 Å². The van der Waals surface area contributed by atoms with E-state index in [1.54, 1.807) is 0 Å². The largest absolute Gasteiger partial charge is 0.466 e. The summed E-state index contributed by atoms with van der Waals surface area (Å²) in [5.41, 5.74) is 7.61. The molecule has 0 aliphatic heterocycles. The van der Waals surface area contributed by atoms with Crippen molar-refractivity contribution < 1.29 is 9.21 Å². The molecule has 0 atom stereocenters. The number of hydrogen-bond donors (Lipinski definition) is 2. The first-order valence-electron chi connectivity index (χ1n) is 7.04. The molecule has 1 aliphatic carbocycles. The highest BCUT2D eigenvalue weighted by Gasteiger charge is 2.33. The number of amides is 1. The van der Waals surface area contributed by atoms with E-state index in [0.29, 0.717) is 24.4 Å². The third-order valence-electron chi connectivity index (χ3n) is 4.51. The number of nitrogens with two attached hydrogens (primary N) is 1. The zero-order valence-electron chi connectivity index (χ0n) is 12.1. The lowest BCUT2D eigenvalue weighted by Gasteiger charge is -2.27. The van der Waals surface area contributed by atoms with E-state index in [0.717, 1.165) is 24.2 Å². The van der Waals surface area contributed by atoms with Gasteiger partial charge in [-0.2, -0.15) is 0 Å². The van der Waals surface area contributed by atoms with Crippen LogP contribution in [0.15, 0.2) is 4.42 Å². The first-order chi connectivity index (χ1) is 8.99. The van der Waals surface area contributed by atoms with Crippen LogP contribution in [0.5, 0.6) is 0 Å². The fourth-order valence-corrected chi connectivity index (χ4v) is 3.06. The Balaban J connectivity index is 2.05. The minimum Gasteiger partial charge on any atom is -0.466 e. The second-order valence-corrected chi connectivity index (χ2v) is 5.81. The molecule has 0 unspecified atom stereocenters. The third kappa shape index (κ3) is 2.68. The highest BCUT2D eigenvalue weighted by molar-refractivity contribution is 5.96. The average Bonchev–Trinajstić information content (AvgIpc) is 2.94. The molecule has 19 heavy (non-hydrogen) atoms. The summed E-state index contributed by atoms with van der Waals surface area (Å²) in [5, 5.41) is 3.05. The van der Waals surface area contributed by atoms with Crippen LogP contribution >= 0.6 is 0 Å². The van der Waals surface area contributed by atoms with E-state index in [9.17, 15) is 4.79 Å². The predicted molar refractivity (Wildman–Crippen MR) is 75.2 cm³/mol. The molecule has 2 rings (SSSR count). The number of rotatable bonds is 4. The summed E-state index contributed by atoms with van der Waals surface area (Å²) in [4.78, 5) is 12.3. The van der Waals surface area contributed by atoms with Gasteiger partial charge in [-0.15, -0.1) is 0 Å². The number of aryl methyl sites for hydroxylation is 2. The Bertz CT molecular complexity index is 471. The number of nitrogens with one attached hydrogen (secondary N) is 1. The first kappa shape index (κ1) is 14.1. The van der Waals surface area contributed by atoms with Crippen molar-refractivity contribution in [3.63, 3.8) is 0 Å². The van der Waals surface area contributed by atoms with Gasteiger partial charge >= 0.3 is 0 Å². The monoisotopic (exact) mass is 264 g/mol. The van der Waals surface area contributed by atoms with Crippen molar-refractivity contribution in [3.05, 3.63) is 22.6 Å². The van der Waals surface area contributed by atoms with Gasteiger partial charge in [0.2, 0.25) is 0 Å². The molecule has 1 fully saturated rings. The molecule has 1 heterocycles. The maximum absolute atomic E-state index is 12.3. The molecule has 0 radical (unpaired) electrons. The van der Waals surface area contributed by atoms with Crippen molar-refractivity contribution in [2.45, 2.75) is 46.5 Å². The molecule has 1 aliphatic rings. The van der Waals surface area contributed by atoms with E-state index < -0.39 is 0 Å². The Morgan fingerprint density at radius 3 is 2.37 bits per heavy atom. The molecule has 0 spiro atoms. The normalized spacial score (nSPS) is 17.7. The summed E-state index contributed by atoms with van der Waals surface area (Å²) in [7, 11) is 0. The molecule has 1 aromatic rings. The Hall–Kier alpha value is -1.29. The summed E-state index contributed by atoms with van der Waals surface area (Å²) < 4.78 is 5.50. The van der Waals surface area contributed by atoms with Gasteiger partial charge in [0.1, 0.15) is 11.5 Å². The summed E-state index contributed by atoms with van der Waals surface area (Å²) in [6, 6.07) is 0. The van der Waals surface area contributed by atoms with E-state index in [1.807, 2.05) is 20.8 Å². The van der Waals surface area contributed by atoms with Gasteiger partial charge in [0.05, 0.1) is 5.56 Å². The molecule has 1 aromatic heterocycles. The number of hydrogen-bond acceptors (Lipinski definition) is 3.